The highest BCUT2D eigenvalue weighted by Gasteiger charge is 2.31. The summed E-state index contributed by atoms with van der Waals surface area (Å²) >= 11 is 1.50. The number of hydrogen-bond donors (Lipinski definition) is 2. The Hall–Kier alpha value is -1.20. The molecule has 0 aromatic heterocycles. The molecule has 0 radical (unpaired) electrons. The Morgan fingerprint density at radius 1 is 1.47 bits per heavy atom. The maximum absolute atomic E-state index is 12.2. The van der Waals surface area contributed by atoms with Crippen molar-refractivity contribution in [3.8, 4) is 5.75 Å². The van der Waals surface area contributed by atoms with E-state index in [4.69, 9.17) is 5.73 Å². The number of phenolic OH excluding ortho intramolecular Hbond substituents is 1. The van der Waals surface area contributed by atoms with E-state index in [2.05, 4.69) is 6.92 Å². The molecule has 0 bridgehead atoms. The number of carbonyl (C=O) groups excluding carboxylic acids is 1. The van der Waals surface area contributed by atoms with Gasteiger partial charge in [-0.2, -0.15) is 0 Å². The van der Waals surface area contributed by atoms with Crippen molar-refractivity contribution in [2.24, 2.45) is 11.7 Å². The number of carbonyl (C=O) groups is 1. The Bertz CT molecular complexity index is 436. The SMILES string of the molecule is CC1CC(CN)CN1C(=O)CSc1ccc(O)cc1. The summed E-state index contributed by atoms with van der Waals surface area (Å²) in [5, 5.41) is 9.20. The summed E-state index contributed by atoms with van der Waals surface area (Å²) in [5.41, 5.74) is 5.67. The third kappa shape index (κ3) is 3.64. The number of hydrogen-bond acceptors (Lipinski definition) is 4. The van der Waals surface area contributed by atoms with E-state index in [0.29, 0.717) is 24.3 Å². The third-order valence-corrected chi connectivity index (χ3v) is 4.51. The largest absolute Gasteiger partial charge is 0.508 e. The fourth-order valence-electron chi connectivity index (χ4n) is 2.43. The molecule has 0 saturated carbocycles. The van der Waals surface area contributed by atoms with Gasteiger partial charge < -0.3 is 15.7 Å². The molecule has 5 heteroatoms. The normalized spacial score (nSPS) is 22.7. The van der Waals surface area contributed by atoms with Crippen LogP contribution < -0.4 is 5.73 Å². The Balaban J connectivity index is 1.86. The van der Waals surface area contributed by atoms with E-state index in [0.717, 1.165) is 17.9 Å². The van der Waals surface area contributed by atoms with E-state index in [1.54, 1.807) is 12.1 Å². The van der Waals surface area contributed by atoms with Gasteiger partial charge in [0.05, 0.1) is 5.75 Å². The number of rotatable bonds is 4. The van der Waals surface area contributed by atoms with Crippen molar-refractivity contribution >= 4 is 17.7 Å². The van der Waals surface area contributed by atoms with Gasteiger partial charge in [-0.05, 0) is 50.1 Å². The number of likely N-dealkylation sites (tertiary alicyclic amines) is 1. The number of phenols is 1. The fraction of sp³-hybridized carbons (Fsp3) is 0.500. The lowest BCUT2D eigenvalue weighted by atomic mass is 10.1. The predicted molar refractivity (Wildman–Crippen MR) is 77.2 cm³/mol. The number of benzene rings is 1. The minimum atomic E-state index is 0.168. The molecule has 1 aliphatic heterocycles. The number of nitrogens with two attached hydrogens (primary N) is 1. The molecular weight excluding hydrogens is 260 g/mol. The highest BCUT2D eigenvalue weighted by atomic mass is 32.2. The molecular formula is C14H20N2O2S. The summed E-state index contributed by atoms with van der Waals surface area (Å²) in [6.45, 7) is 3.52. The Morgan fingerprint density at radius 3 is 2.74 bits per heavy atom. The summed E-state index contributed by atoms with van der Waals surface area (Å²) in [7, 11) is 0. The second-order valence-corrected chi connectivity index (χ2v) is 6.06. The maximum atomic E-state index is 12.2. The van der Waals surface area contributed by atoms with Gasteiger partial charge in [-0.15, -0.1) is 11.8 Å². The molecule has 0 spiro atoms. The van der Waals surface area contributed by atoms with Crippen LogP contribution in [0.3, 0.4) is 0 Å². The van der Waals surface area contributed by atoms with E-state index < -0.39 is 0 Å². The van der Waals surface area contributed by atoms with Gasteiger partial charge in [0, 0.05) is 17.5 Å². The zero-order valence-corrected chi connectivity index (χ0v) is 11.9. The summed E-state index contributed by atoms with van der Waals surface area (Å²) in [6, 6.07) is 7.21. The van der Waals surface area contributed by atoms with Crippen LogP contribution in [-0.2, 0) is 4.79 Å². The second kappa shape index (κ2) is 6.30. The van der Waals surface area contributed by atoms with Crippen LogP contribution in [0.2, 0.25) is 0 Å². The van der Waals surface area contributed by atoms with Crippen LogP contribution in [0.1, 0.15) is 13.3 Å². The van der Waals surface area contributed by atoms with Gasteiger partial charge >= 0.3 is 0 Å². The van der Waals surface area contributed by atoms with Crippen molar-refractivity contribution < 1.29 is 9.90 Å². The molecule has 1 aromatic carbocycles. The summed E-state index contributed by atoms with van der Waals surface area (Å²) in [6.07, 6.45) is 1.01. The van der Waals surface area contributed by atoms with Crippen LogP contribution in [0.25, 0.3) is 0 Å². The Morgan fingerprint density at radius 2 is 2.16 bits per heavy atom. The molecule has 104 valence electrons. The zero-order valence-electron chi connectivity index (χ0n) is 11.1. The average Bonchev–Trinajstić information content (AvgIpc) is 2.79. The lowest BCUT2D eigenvalue weighted by molar-refractivity contribution is -0.128. The fourth-order valence-corrected chi connectivity index (χ4v) is 3.22. The maximum Gasteiger partial charge on any atom is 0.233 e. The van der Waals surface area contributed by atoms with Gasteiger partial charge in [0.2, 0.25) is 5.91 Å². The molecule has 19 heavy (non-hydrogen) atoms. The first-order chi connectivity index (χ1) is 9.10. The van der Waals surface area contributed by atoms with Crippen molar-refractivity contribution in [3.63, 3.8) is 0 Å². The zero-order chi connectivity index (χ0) is 13.8. The molecule has 2 atom stereocenters. The predicted octanol–water partition coefficient (Wildman–Crippen LogP) is 1.68. The number of nitrogens with zero attached hydrogens (tertiary/aromatic N) is 1. The standard InChI is InChI=1S/C14H20N2O2S/c1-10-6-11(7-15)8-16(10)14(18)9-19-13-4-2-12(17)3-5-13/h2-5,10-11,17H,6-9,15H2,1H3. The van der Waals surface area contributed by atoms with Crippen LogP contribution >= 0.6 is 11.8 Å². The first-order valence-electron chi connectivity index (χ1n) is 6.51. The molecule has 1 fully saturated rings. The van der Waals surface area contributed by atoms with Gasteiger partial charge in [0.15, 0.2) is 0 Å². The first-order valence-corrected chi connectivity index (χ1v) is 7.50. The molecule has 3 N–H and O–H groups in total. The van der Waals surface area contributed by atoms with Crippen LogP contribution in [0.4, 0.5) is 0 Å². The second-order valence-electron chi connectivity index (χ2n) is 5.02. The van der Waals surface area contributed by atoms with Gasteiger partial charge in [-0.3, -0.25) is 4.79 Å². The number of aromatic hydroxyl groups is 1. The average molecular weight is 280 g/mol. The molecule has 2 unspecified atom stereocenters. The van der Waals surface area contributed by atoms with Gasteiger partial charge in [0.25, 0.3) is 0 Å². The van der Waals surface area contributed by atoms with Crippen LogP contribution in [0.5, 0.6) is 5.75 Å². The van der Waals surface area contributed by atoms with Gasteiger partial charge in [-0.1, -0.05) is 0 Å². The lowest BCUT2D eigenvalue weighted by Crippen LogP contribution is -2.35. The van der Waals surface area contributed by atoms with E-state index in [-0.39, 0.29) is 11.7 Å². The van der Waals surface area contributed by atoms with Crippen LogP contribution in [0, 0.1) is 5.92 Å². The Kier molecular flexibility index (Phi) is 4.71. The van der Waals surface area contributed by atoms with Crippen molar-refractivity contribution in [1.82, 2.24) is 4.90 Å². The molecule has 1 amide bonds. The highest BCUT2D eigenvalue weighted by molar-refractivity contribution is 8.00. The molecule has 1 heterocycles. The summed E-state index contributed by atoms with van der Waals surface area (Å²) in [4.78, 5) is 15.1. The van der Waals surface area contributed by atoms with Crippen molar-refractivity contribution in [2.45, 2.75) is 24.3 Å². The Labute approximate surface area is 118 Å². The monoisotopic (exact) mass is 280 g/mol. The van der Waals surface area contributed by atoms with Gasteiger partial charge in [-0.25, -0.2) is 0 Å². The molecule has 2 rings (SSSR count). The quantitative estimate of drug-likeness (QED) is 0.824. The molecule has 1 aliphatic rings. The minimum Gasteiger partial charge on any atom is -0.508 e. The van der Waals surface area contributed by atoms with Gasteiger partial charge in [0.1, 0.15) is 5.75 Å². The third-order valence-electron chi connectivity index (χ3n) is 3.51. The van der Waals surface area contributed by atoms with E-state index in [1.165, 1.54) is 11.8 Å². The van der Waals surface area contributed by atoms with Crippen LogP contribution in [-0.4, -0.2) is 40.8 Å². The number of thioether (sulfide) groups is 1. The summed E-state index contributed by atoms with van der Waals surface area (Å²) in [5.74, 6) is 1.29. The molecule has 4 nitrogen and oxygen atoms in total. The topological polar surface area (TPSA) is 66.6 Å². The lowest BCUT2D eigenvalue weighted by Gasteiger charge is -2.21. The first kappa shape index (κ1) is 14.2. The smallest absolute Gasteiger partial charge is 0.233 e. The highest BCUT2D eigenvalue weighted by Crippen LogP contribution is 2.25. The minimum absolute atomic E-state index is 0.168. The summed E-state index contributed by atoms with van der Waals surface area (Å²) < 4.78 is 0. The van der Waals surface area contributed by atoms with E-state index in [9.17, 15) is 9.90 Å². The van der Waals surface area contributed by atoms with Crippen molar-refractivity contribution in [2.75, 3.05) is 18.8 Å². The van der Waals surface area contributed by atoms with Crippen LogP contribution in [0.15, 0.2) is 29.2 Å². The molecule has 0 aliphatic carbocycles. The molecule has 1 aromatic rings. The molecule has 1 saturated heterocycles. The van der Waals surface area contributed by atoms with E-state index in [1.807, 2.05) is 17.0 Å². The number of amides is 1. The van der Waals surface area contributed by atoms with Crippen molar-refractivity contribution in [3.05, 3.63) is 24.3 Å². The van der Waals surface area contributed by atoms with E-state index >= 15 is 0 Å². The van der Waals surface area contributed by atoms with Crippen molar-refractivity contribution in [1.29, 1.82) is 0 Å².